The zero-order chi connectivity index (χ0) is 25.8. The lowest BCUT2D eigenvalue weighted by Gasteiger charge is -2.40. The third-order valence-corrected chi connectivity index (χ3v) is 6.85. The molecule has 188 valence electrons. The van der Waals surface area contributed by atoms with Crippen LogP contribution in [0.25, 0.3) is 0 Å². The van der Waals surface area contributed by atoms with Gasteiger partial charge in [-0.15, -0.1) is 0 Å². The Kier molecular flexibility index (Phi) is 6.95. The molecule has 0 radical (unpaired) electrons. The first-order chi connectivity index (χ1) is 18.1. The highest BCUT2D eigenvalue weighted by Gasteiger charge is 2.35. The van der Waals surface area contributed by atoms with Gasteiger partial charge < -0.3 is 19.1 Å². The van der Waals surface area contributed by atoms with E-state index in [0.717, 1.165) is 16.8 Å². The van der Waals surface area contributed by atoms with Crippen molar-refractivity contribution in [2.75, 3.05) is 25.1 Å². The van der Waals surface area contributed by atoms with Crippen LogP contribution in [-0.2, 0) is 18.0 Å². The number of amides is 2. The molecular formula is C29H27N3O5. The number of para-hydroxylation sites is 1. The van der Waals surface area contributed by atoms with Crippen LogP contribution in [0.1, 0.15) is 39.9 Å². The van der Waals surface area contributed by atoms with Gasteiger partial charge >= 0.3 is 6.09 Å². The van der Waals surface area contributed by atoms with E-state index in [0.29, 0.717) is 48.6 Å². The van der Waals surface area contributed by atoms with E-state index in [4.69, 9.17) is 14.2 Å². The summed E-state index contributed by atoms with van der Waals surface area (Å²) in [6.07, 6.45) is 0.965. The summed E-state index contributed by atoms with van der Waals surface area (Å²) in [6, 6.07) is 22.3. The van der Waals surface area contributed by atoms with Crippen LogP contribution in [0, 0.1) is 11.3 Å². The summed E-state index contributed by atoms with van der Waals surface area (Å²) >= 11 is 0. The molecule has 1 saturated heterocycles. The standard InChI is InChI=1S/C29H27N3O5/c1-35-27-16-24(36-18-21-7-3-2-6-20(21)17-30)10-11-25(27)28(33)31-14-12-23(13-15-31)32-26-9-5-4-8-22(26)19-37-29(32)34/h2-11,16,23H,12-15,18-19H2,1H3. The molecule has 3 aromatic rings. The van der Waals surface area contributed by atoms with Gasteiger partial charge in [0.05, 0.1) is 30.0 Å². The van der Waals surface area contributed by atoms with Gasteiger partial charge in [0.25, 0.3) is 5.91 Å². The average molecular weight is 498 g/mol. The lowest BCUT2D eigenvalue weighted by atomic mass is 10.00. The van der Waals surface area contributed by atoms with Crippen LogP contribution in [0.3, 0.4) is 0 Å². The minimum absolute atomic E-state index is 0.0352. The van der Waals surface area contributed by atoms with Gasteiger partial charge in [-0.2, -0.15) is 5.26 Å². The van der Waals surface area contributed by atoms with Crippen LogP contribution >= 0.6 is 0 Å². The SMILES string of the molecule is COc1cc(OCc2ccccc2C#N)ccc1C(=O)N1CCC(N2C(=O)OCc3ccccc32)CC1. The number of benzene rings is 3. The van der Waals surface area contributed by atoms with Gasteiger partial charge in [0.15, 0.2) is 0 Å². The van der Waals surface area contributed by atoms with Crippen LogP contribution in [0.4, 0.5) is 10.5 Å². The monoisotopic (exact) mass is 497 g/mol. The van der Waals surface area contributed by atoms with Gasteiger partial charge in [-0.05, 0) is 37.1 Å². The molecule has 2 aliphatic heterocycles. The number of hydrogen-bond acceptors (Lipinski definition) is 6. The number of methoxy groups -OCH3 is 1. The topological polar surface area (TPSA) is 92.1 Å². The second kappa shape index (κ2) is 10.6. The van der Waals surface area contributed by atoms with Crippen LogP contribution in [-0.4, -0.2) is 43.1 Å². The maximum Gasteiger partial charge on any atom is 0.414 e. The lowest BCUT2D eigenvalue weighted by molar-refractivity contribution is 0.0705. The summed E-state index contributed by atoms with van der Waals surface area (Å²) in [5, 5.41) is 9.27. The Hall–Kier alpha value is -4.51. The zero-order valence-electron chi connectivity index (χ0n) is 20.6. The number of carbonyl (C=O) groups is 2. The van der Waals surface area contributed by atoms with E-state index in [9.17, 15) is 14.9 Å². The number of ether oxygens (including phenoxy) is 3. The van der Waals surface area contributed by atoms with Crippen molar-refractivity contribution in [3.05, 3.63) is 89.0 Å². The van der Waals surface area contributed by atoms with Crippen molar-refractivity contribution in [3.8, 4) is 17.6 Å². The largest absolute Gasteiger partial charge is 0.496 e. The summed E-state index contributed by atoms with van der Waals surface area (Å²) in [5.74, 6) is 0.840. The Morgan fingerprint density at radius 2 is 1.84 bits per heavy atom. The van der Waals surface area contributed by atoms with E-state index in [1.165, 1.54) is 7.11 Å². The van der Waals surface area contributed by atoms with Gasteiger partial charge in [0, 0.05) is 36.3 Å². The van der Waals surface area contributed by atoms with E-state index >= 15 is 0 Å². The van der Waals surface area contributed by atoms with Crippen molar-refractivity contribution >= 4 is 17.7 Å². The minimum Gasteiger partial charge on any atom is -0.496 e. The number of hydrogen-bond donors (Lipinski definition) is 0. The highest BCUT2D eigenvalue weighted by Crippen LogP contribution is 2.33. The van der Waals surface area contributed by atoms with E-state index in [1.54, 1.807) is 34.1 Å². The molecule has 0 N–H and O–H groups in total. The number of piperidine rings is 1. The molecular weight excluding hydrogens is 470 g/mol. The normalized spacial score (nSPS) is 15.4. The summed E-state index contributed by atoms with van der Waals surface area (Å²) in [6.45, 7) is 1.55. The number of rotatable bonds is 6. The van der Waals surface area contributed by atoms with Crippen molar-refractivity contribution in [1.29, 1.82) is 5.26 Å². The Labute approximate surface area is 215 Å². The van der Waals surface area contributed by atoms with Crippen molar-refractivity contribution in [1.82, 2.24) is 4.90 Å². The first-order valence-corrected chi connectivity index (χ1v) is 12.2. The van der Waals surface area contributed by atoms with Crippen LogP contribution in [0.2, 0.25) is 0 Å². The maximum absolute atomic E-state index is 13.4. The number of anilines is 1. The lowest BCUT2D eigenvalue weighted by Crippen LogP contribution is -2.50. The second-order valence-corrected chi connectivity index (χ2v) is 9.00. The van der Waals surface area contributed by atoms with E-state index in [2.05, 4.69) is 6.07 Å². The quantitative estimate of drug-likeness (QED) is 0.481. The molecule has 0 saturated carbocycles. The number of nitriles is 1. The van der Waals surface area contributed by atoms with Crippen molar-refractivity contribution in [2.24, 2.45) is 0 Å². The maximum atomic E-state index is 13.4. The Morgan fingerprint density at radius 1 is 1.08 bits per heavy atom. The minimum atomic E-state index is -0.335. The summed E-state index contributed by atoms with van der Waals surface area (Å²) in [4.78, 5) is 29.5. The average Bonchev–Trinajstić information content (AvgIpc) is 2.95. The van der Waals surface area contributed by atoms with Crippen LogP contribution in [0.15, 0.2) is 66.7 Å². The summed E-state index contributed by atoms with van der Waals surface area (Å²) in [5.41, 5.74) is 3.67. The molecule has 2 heterocycles. The highest BCUT2D eigenvalue weighted by molar-refractivity contribution is 5.97. The zero-order valence-corrected chi connectivity index (χ0v) is 20.6. The molecule has 2 aliphatic rings. The Morgan fingerprint density at radius 3 is 2.62 bits per heavy atom. The number of cyclic esters (lactones) is 1. The van der Waals surface area contributed by atoms with Crippen molar-refractivity contribution in [3.63, 3.8) is 0 Å². The van der Waals surface area contributed by atoms with E-state index in [-0.39, 0.29) is 31.3 Å². The van der Waals surface area contributed by atoms with E-state index < -0.39 is 0 Å². The molecule has 0 spiro atoms. The third kappa shape index (κ3) is 4.94. The Balaban J connectivity index is 1.24. The fraction of sp³-hybridized carbons (Fsp3) is 0.276. The van der Waals surface area contributed by atoms with Gasteiger partial charge in [-0.25, -0.2) is 4.79 Å². The molecule has 0 aromatic heterocycles. The molecule has 0 bridgehead atoms. The van der Waals surface area contributed by atoms with Crippen LogP contribution < -0.4 is 14.4 Å². The molecule has 0 aliphatic carbocycles. The second-order valence-electron chi connectivity index (χ2n) is 9.00. The van der Waals surface area contributed by atoms with Gasteiger partial charge in [0.2, 0.25) is 0 Å². The molecule has 8 nitrogen and oxygen atoms in total. The number of likely N-dealkylation sites (tertiary alicyclic amines) is 1. The fourth-order valence-electron chi connectivity index (χ4n) is 4.87. The molecule has 0 atom stereocenters. The van der Waals surface area contributed by atoms with Crippen LogP contribution in [0.5, 0.6) is 11.5 Å². The highest BCUT2D eigenvalue weighted by atomic mass is 16.6. The number of nitrogens with zero attached hydrogens (tertiary/aromatic N) is 3. The predicted molar refractivity (Wildman–Crippen MR) is 137 cm³/mol. The number of carbonyl (C=O) groups excluding carboxylic acids is 2. The first-order valence-electron chi connectivity index (χ1n) is 12.2. The van der Waals surface area contributed by atoms with Gasteiger partial charge in [-0.3, -0.25) is 9.69 Å². The summed E-state index contributed by atoms with van der Waals surface area (Å²) in [7, 11) is 1.52. The molecule has 2 amide bonds. The predicted octanol–water partition coefficient (Wildman–Crippen LogP) is 4.91. The molecule has 37 heavy (non-hydrogen) atoms. The van der Waals surface area contributed by atoms with Gasteiger partial charge in [-0.1, -0.05) is 36.4 Å². The fourth-order valence-corrected chi connectivity index (χ4v) is 4.87. The smallest absolute Gasteiger partial charge is 0.414 e. The number of fused-ring (bicyclic) bond motifs is 1. The van der Waals surface area contributed by atoms with Crippen molar-refractivity contribution in [2.45, 2.75) is 32.1 Å². The molecule has 1 fully saturated rings. The van der Waals surface area contributed by atoms with Gasteiger partial charge in [0.1, 0.15) is 24.7 Å². The third-order valence-electron chi connectivity index (χ3n) is 6.85. The summed E-state index contributed by atoms with van der Waals surface area (Å²) < 4.78 is 16.8. The molecule has 5 rings (SSSR count). The molecule has 0 unspecified atom stereocenters. The molecule has 8 heteroatoms. The van der Waals surface area contributed by atoms with E-state index in [1.807, 2.05) is 42.5 Å². The Bertz CT molecular complexity index is 1360. The van der Waals surface area contributed by atoms with Crippen molar-refractivity contribution < 1.29 is 23.8 Å². The molecule has 3 aromatic carbocycles. The first kappa shape index (κ1) is 24.2.